The number of aromatic nitrogens is 2. The van der Waals surface area contributed by atoms with Gasteiger partial charge in [0.1, 0.15) is 5.41 Å². The third-order valence-corrected chi connectivity index (χ3v) is 3.68. The summed E-state index contributed by atoms with van der Waals surface area (Å²) in [7, 11) is 1.81. The molecular weight excluding hydrogens is 254 g/mol. The maximum Gasteiger partial charge on any atom is 0.315 e. The molecule has 0 aliphatic heterocycles. The summed E-state index contributed by atoms with van der Waals surface area (Å²) in [5.41, 5.74) is 7.30. The smallest absolute Gasteiger partial charge is 0.315 e. The van der Waals surface area contributed by atoms with Crippen LogP contribution in [0.5, 0.6) is 0 Å². The fourth-order valence-electron chi connectivity index (χ4n) is 2.58. The molecule has 2 rings (SSSR count). The van der Waals surface area contributed by atoms with Crippen LogP contribution in [0.15, 0.2) is 36.7 Å². The summed E-state index contributed by atoms with van der Waals surface area (Å²) < 4.78 is 1.66. The number of aryl methyl sites for hydroxylation is 2. The van der Waals surface area contributed by atoms with Gasteiger partial charge >= 0.3 is 5.97 Å². The first-order chi connectivity index (χ1) is 9.49. The van der Waals surface area contributed by atoms with Crippen LogP contribution < -0.4 is 5.73 Å². The second-order valence-electron chi connectivity index (χ2n) is 5.11. The molecule has 20 heavy (non-hydrogen) atoms. The zero-order chi connectivity index (χ0) is 14.8. The van der Waals surface area contributed by atoms with Crippen molar-refractivity contribution in [1.82, 2.24) is 9.78 Å². The van der Waals surface area contributed by atoms with Crippen LogP contribution in [0.25, 0.3) is 0 Å². The number of rotatable bonds is 5. The highest BCUT2D eigenvalue weighted by Gasteiger charge is 2.40. The zero-order valence-electron chi connectivity index (χ0n) is 11.7. The largest absolute Gasteiger partial charge is 0.481 e. The highest BCUT2D eigenvalue weighted by molar-refractivity contribution is 5.82. The zero-order valence-corrected chi connectivity index (χ0v) is 11.7. The third kappa shape index (κ3) is 2.44. The monoisotopic (exact) mass is 273 g/mol. The SMILES string of the molecule is Cc1ccccc1C(CN)(Cc1cnn(C)c1)C(=O)O. The van der Waals surface area contributed by atoms with E-state index in [4.69, 9.17) is 5.73 Å². The molecule has 5 heteroatoms. The van der Waals surface area contributed by atoms with Crippen LogP contribution in [0.1, 0.15) is 16.7 Å². The number of nitrogens with two attached hydrogens (primary N) is 1. The standard InChI is InChI=1S/C15H19N3O2/c1-11-5-3-4-6-13(11)15(10-16,14(19)20)7-12-8-17-18(2)9-12/h3-6,8-9H,7,10,16H2,1-2H3,(H,19,20). The van der Waals surface area contributed by atoms with Gasteiger partial charge < -0.3 is 10.8 Å². The predicted molar refractivity (Wildman–Crippen MR) is 76.5 cm³/mol. The van der Waals surface area contributed by atoms with E-state index in [9.17, 15) is 9.90 Å². The van der Waals surface area contributed by atoms with Gasteiger partial charge in [-0.25, -0.2) is 0 Å². The molecule has 1 heterocycles. The molecule has 1 atom stereocenters. The van der Waals surface area contributed by atoms with Gasteiger partial charge in [-0.1, -0.05) is 24.3 Å². The molecule has 0 fully saturated rings. The first-order valence-electron chi connectivity index (χ1n) is 6.46. The number of hydrogen-bond acceptors (Lipinski definition) is 3. The van der Waals surface area contributed by atoms with Crippen LogP contribution in [-0.4, -0.2) is 27.4 Å². The van der Waals surface area contributed by atoms with Crippen LogP contribution in [-0.2, 0) is 23.7 Å². The average Bonchev–Trinajstić information content (AvgIpc) is 2.82. The second-order valence-corrected chi connectivity index (χ2v) is 5.11. The summed E-state index contributed by atoms with van der Waals surface area (Å²) in [6.07, 6.45) is 3.84. The van der Waals surface area contributed by atoms with Crippen LogP contribution in [0, 0.1) is 6.92 Å². The van der Waals surface area contributed by atoms with E-state index in [1.54, 1.807) is 10.9 Å². The molecule has 0 bridgehead atoms. The lowest BCUT2D eigenvalue weighted by molar-refractivity contribution is -0.143. The Labute approximate surface area is 118 Å². The molecule has 1 aromatic heterocycles. The maximum atomic E-state index is 11.9. The molecule has 0 aliphatic carbocycles. The Morgan fingerprint density at radius 3 is 2.65 bits per heavy atom. The summed E-state index contributed by atoms with van der Waals surface area (Å²) in [4.78, 5) is 11.9. The van der Waals surface area contributed by atoms with E-state index in [1.165, 1.54) is 0 Å². The fraction of sp³-hybridized carbons (Fsp3) is 0.333. The molecule has 0 amide bonds. The van der Waals surface area contributed by atoms with E-state index in [-0.39, 0.29) is 6.54 Å². The van der Waals surface area contributed by atoms with Crippen molar-refractivity contribution in [1.29, 1.82) is 0 Å². The molecule has 106 valence electrons. The number of nitrogens with zero attached hydrogens (tertiary/aromatic N) is 2. The number of carboxylic acids is 1. The minimum atomic E-state index is -1.12. The molecule has 5 nitrogen and oxygen atoms in total. The lowest BCUT2D eigenvalue weighted by atomic mass is 9.74. The Balaban J connectivity index is 2.51. The molecule has 0 spiro atoms. The topological polar surface area (TPSA) is 81.1 Å². The van der Waals surface area contributed by atoms with Crippen molar-refractivity contribution in [2.24, 2.45) is 12.8 Å². The number of carboxylic acid groups (broad SMARTS) is 1. The van der Waals surface area contributed by atoms with Gasteiger partial charge in [0.2, 0.25) is 0 Å². The Morgan fingerprint density at radius 2 is 2.15 bits per heavy atom. The molecule has 0 saturated heterocycles. The lowest BCUT2D eigenvalue weighted by Crippen LogP contribution is -2.45. The van der Waals surface area contributed by atoms with Gasteiger partial charge in [-0.3, -0.25) is 9.48 Å². The predicted octanol–water partition coefficient (Wildman–Crippen LogP) is 1.25. The molecule has 0 saturated carbocycles. The van der Waals surface area contributed by atoms with E-state index in [1.807, 2.05) is 44.4 Å². The van der Waals surface area contributed by atoms with Gasteiger partial charge in [0.05, 0.1) is 6.20 Å². The minimum absolute atomic E-state index is 0.0437. The van der Waals surface area contributed by atoms with E-state index in [0.29, 0.717) is 6.42 Å². The maximum absolute atomic E-state index is 11.9. The van der Waals surface area contributed by atoms with Crippen molar-refractivity contribution in [3.8, 4) is 0 Å². The molecule has 1 aromatic carbocycles. The van der Waals surface area contributed by atoms with Gasteiger partial charge in [-0.15, -0.1) is 0 Å². The van der Waals surface area contributed by atoms with Crippen LogP contribution in [0.3, 0.4) is 0 Å². The molecule has 2 aromatic rings. The Kier molecular flexibility index (Phi) is 3.90. The first kappa shape index (κ1) is 14.3. The van der Waals surface area contributed by atoms with Crippen LogP contribution >= 0.6 is 0 Å². The highest BCUT2D eigenvalue weighted by Crippen LogP contribution is 2.30. The third-order valence-electron chi connectivity index (χ3n) is 3.68. The normalized spacial score (nSPS) is 13.9. The summed E-state index contributed by atoms with van der Waals surface area (Å²) >= 11 is 0. The fourth-order valence-corrected chi connectivity index (χ4v) is 2.58. The number of aliphatic carboxylic acids is 1. The Hall–Kier alpha value is -2.14. The number of carbonyl (C=O) groups is 1. The van der Waals surface area contributed by atoms with Crippen molar-refractivity contribution >= 4 is 5.97 Å². The van der Waals surface area contributed by atoms with E-state index >= 15 is 0 Å². The molecule has 0 radical (unpaired) electrons. The average molecular weight is 273 g/mol. The van der Waals surface area contributed by atoms with Crippen molar-refractivity contribution in [2.45, 2.75) is 18.8 Å². The van der Waals surface area contributed by atoms with Crippen LogP contribution in [0.2, 0.25) is 0 Å². The molecule has 1 unspecified atom stereocenters. The van der Waals surface area contributed by atoms with E-state index in [0.717, 1.165) is 16.7 Å². The summed E-state index contributed by atoms with van der Waals surface area (Å²) in [5.74, 6) is -0.904. The second kappa shape index (κ2) is 5.46. The van der Waals surface area contributed by atoms with Crippen molar-refractivity contribution in [3.63, 3.8) is 0 Å². The lowest BCUT2D eigenvalue weighted by Gasteiger charge is -2.29. The number of hydrogen-bond donors (Lipinski definition) is 2. The van der Waals surface area contributed by atoms with Crippen molar-refractivity contribution in [2.75, 3.05) is 6.54 Å². The molecule has 0 aliphatic rings. The van der Waals surface area contributed by atoms with E-state index in [2.05, 4.69) is 5.10 Å². The quantitative estimate of drug-likeness (QED) is 0.859. The minimum Gasteiger partial charge on any atom is -0.481 e. The van der Waals surface area contributed by atoms with Gasteiger partial charge in [-0.2, -0.15) is 5.10 Å². The van der Waals surface area contributed by atoms with E-state index < -0.39 is 11.4 Å². The van der Waals surface area contributed by atoms with Gasteiger partial charge in [0.25, 0.3) is 0 Å². The molecular formula is C15H19N3O2. The number of benzene rings is 1. The highest BCUT2D eigenvalue weighted by atomic mass is 16.4. The van der Waals surface area contributed by atoms with Crippen molar-refractivity contribution in [3.05, 3.63) is 53.3 Å². The summed E-state index contributed by atoms with van der Waals surface area (Å²) in [6.45, 7) is 1.95. The summed E-state index contributed by atoms with van der Waals surface area (Å²) in [5, 5.41) is 13.9. The van der Waals surface area contributed by atoms with Crippen molar-refractivity contribution < 1.29 is 9.90 Å². The molecule has 3 N–H and O–H groups in total. The van der Waals surface area contributed by atoms with Gasteiger partial charge in [0, 0.05) is 19.8 Å². The summed E-state index contributed by atoms with van der Waals surface area (Å²) in [6, 6.07) is 7.49. The van der Waals surface area contributed by atoms with Crippen LogP contribution in [0.4, 0.5) is 0 Å². The Morgan fingerprint density at radius 1 is 1.45 bits per heavy atom. The Bertz CT molecular complexity index is 621. The van der Waals surface area contributed by atoms with Gasteiger partial charge in [-0.05, 0) is 30.0 Å². The first-order valence-corrected chi connectivity index (χ1v) is 6.46. The van der Waals surface area contributed by atoms with Gasteiger partial charge in [0.15, 0.2) is 0 Å².